The van der Waals surface area contributed by atoms with Gasteiger partial charge in [0.2, 0.25) is 0 Å². The van der Waals surface area contributed by atoms with Gasteiger partial charge >= 0.3 is 0 Å². The van der Waals surface area contributed by atoms with Gasteiger partial charge < -0.3 is 14.8 Å². The van der Waals surface area contributed by atoms with Crippen LogP contribution in [0, 0.1) is 0 Å². The van der Waals surface area contributed by atoms with Crippen LogP contribution in [0.25, 0.3) is 0 Å². The average molecular weight is 443 g/mol. The third kappa shape index (κ3) is 7.18. The highest BCUT2D eigenvalue weighted by atomic mass is 79.9. The largest absolute Gasteiger partial charge is 0.490 e. The quantitative estimate of drug-likeness (QED) is 0.506. The first-order valence-corrected chi connectivity index (χ1v) is 9.78. The zero-order valence-electron chi connectivity index (χ0n) is 15.8. The first-order valence-electron chi connectivity index (χ1n) is 8.99. The lowest BCUT2D eigenvalue weighted by molar-refractivity contribution is 0.286. The monoisotopic (exact) mass is 441 g/mol. The molecule has 2 aromatic rings. The molecule has 0 saturated heterocycles. The van der Waals surface area contributed by atoms with E-state index in [-0.39, 0.29) is 12.4 Å². The minimum absolute atomic E-state index is 0. The molecule has 26 heavy (non-hydrogen) atoms. The van der Waals surface area contributed by atoms with Crippen LogP contribution >= 0.6 is 28.3 Å². The first kappa shape index (κ1) is 22.8. The molecule has 0 bridgehead atoms. The van der Waals surface area contributed by atoms with E-state index in [1.807, 2.05) is 13.8 Å². The predicted octanol–water partition coefficient (Wildman–Crippen LogP) is 5.78. The highest BCUT2D eigenvalue weighted by Crippen LogP contribution is 2.37. The van der Waals surface area contributed by atoms with Gasteiger partial charge in [0.1, 0.15) is 0 Å². The third-order valence-corrected chi connectivity index (χ3v) is 4.61. The van der Waals surface area contributed by atoms with Crippen molar-refractivity contribution in [2.45, 2.75) is 46.2 Å². The maximum Gasteiger partial charge on any atom is 0.175 e. The predicted molar refractivity (Wildman–Crippen MR) is 115 cm³/mol. The fourth-order valence-corrected chi connectivity index (χ4v) is 3.30. The van der Waals surface area contributed by atoms with Crippen molar-refractivity contribution >= 4 is 28.3 Å². The van der Waals surface area contributed by atoms with Crippen molar-refractivity contribution in [2.75, 3.05) is 13.2 Å². The van der Waals surface area contributed by atoms with Crippen molar-refractivity contribution in [1.29, 1.82) is 0 Å². The van der Waals surface area contributed by atoms with Gasteiger partial charge in [0, 0.05) is 12.6 Å². The SMILES string of the molecule is CCOc1cc(CNC(C)CCc2ccccc2)cc(Br)c1OCC.Cl. The topological polar surface area (TPSA) is 30.5 Å². The number of aryl methyl sites for hydroxylation is 1. The van der Waals surface area contributed by atoms with Gasteiger partial charge in [-0.15, -0.1) is 12.4 Å². The Balaban J connectivity index is 0.00000338. The van der Waals surface area contributed by atoms with Crippen molar-refractivity contribution in [3.05, 3.63) is 58.1 Å². The summed E-state index contributed by atoms with van der Waals surface area (Å²) in [6, 6.07) is 15.2. The number of rotatable bonds is 10. The number of hydrogen-bond acceptors (Lipinski definition) is 3. The number of ether oxygens (including phenoxy) is 2. The van der Waals surface area contributed by atoms with Crippen molar-refractivity contribution in [3.8, 4) is 11.5 Å². The summed E-state index contributed by atoms with van der Waals surface area (Å²) in [4.78, 5) is 0. The van der Waals surface area contributed by atoms with Gasteiger partial charge in [-0.3, -0.25) is 0 Å². The number of benzene rings is 2. The van der Waals surface area contributed by atoms with Crippen LogP contribution in [0.15, 0.2) is 46.9 Å². The molecule has 1 atom stereocenters. The zero-order chi connectivity index (χ0) is 18.1. The van der Waals surface area contributed by atoms with E-state index in [1.165, 1.54) is 11.1 Å². The summed E-state index contributed by atoms with van der Waals surface area (Å²) in [6.07, 6.45) is 2.20. The van der Waals surface area contributed by atoms with Crippen LogP contribution in [0.2, 0.25) is 0 Å². The van der Waals surface area contributed by atoms with E-state index in [4.69, 9.17) is 9.47 Å². The summed E-state index contributed by atoms with van der Waals surface area (Å²) >= 11 is 3.60. The lowest BCUT2D eigenvalue weighted by Gasteiger charge is -2.17. The maximum absolute atomic E-state index is 5.74. The zero-order valence-corrected chi connectivity index (χ0v) is 18.2. The Morgan fingerprint density at radius 1 is 1.00 bits per heavy atom. The van der Waals surface area contributed by atoms with E-state index in [2.05, 4.69) is 70.6 Å². The molecule has 1 N–H and O–H groups in total. The Morgan fingerprint density at radius 3 is 2.35 bits per heavy atom. The van der Waals surface area contributed by atoms with Crippen LogP contribution < -0.4 is 14.8 Å². The highest BCUT2D eigenvalue weighted by molar-refractivity contribution is 9.10. The number of halogens is 2. The summed E-state index contributed by atoms with van der Waals surface area (Å²) in [5.41, 5.74) is 2.57. The molecule has 0 heterocycles. The van der Waals surface area contributed by atoms with E-state index in [9.17, 15) is 0 Å². The lowest BCUT2D eigenvalue weighted by Crippen LogP contribution is -2.26. The molecule has 1 unspecified atom stereocenters. The molecule has 5 heteroatoms. The normalized spacial score (nSPS) is 11.5. The Bertz CT molecular complexity index is 652. The molecule has 2 aromatic carbocycles. The van der Waals surface area contributed by atoms with Crippen molar-refractivity contribution in [1.82, 2.24) is 5.32 Å². The van der Waals surface area contributed by atoms with Gasteiger partial charge in [0.05, 0.1) is 17.7 Å². The van der Waals surface area contributed by atoms with Crippen LogP contribution in [-0.4, -0.2) is 19.3 Å². The summed E-state index contributed by atoms with van der Waals surface area (Å²) in [6.45, 7) is 8.24. The summed E-state index contributed by atoms with van der Waals surface area (Å²) in [5.74, 6) is 1.58. The van der Waals surface area contributed by atoms with Crippen LogP contribution in [0.4, 0.5) is 0 Å². The Kier molecular flexibility index (Phi) is 10.7. The molecule has 0 aliphatic heterocycles. The van der Waals surface area contributed by atoms with Crippen LogP contribution in [0.3, 0.4) is 0 Å². The van der Waals surface area contributed by atoms with Crippen LogP contribution in [-0.2, 0) is 13.0 Å². The Hall–Kier alpha value is -1.23. The van der Waals surface area contributed by atoms with Gasteiger partial charge in [0.25, 0.3) is 0 Å². The van der Waals surface area contributed by atoms with E-state index >= 15 is 0 Å². The second-order valence-electron chi connectivity index (χ2n) is 6.08. The molecular weight excluding hydrogens is 414 g/mol. The molecule has 0 aliphatic rings. The lowest BCUT2D eigenvalue weighted by atomic mass is 10.1. The molecule has 0 spiro atoms. The van der Waals surface area contributed by atoms with Gasteiger partial charge in [-0.2, -0.15) is 0 Å². The van der Waals surface area contributed by atoms with Gasteiger partial charge in [0.15, 0.2) is 11.5 Å². The Morgan fingerprint density at radius 2 is 1.69 bits per heavy atom. The molecule has 3 nitrogen and oxygen atoms in total. The molecule has 0 amide bonds. The van der Waals surface area contributed by atoms with Crippen molar-refractivity contribution in [3.63, 3.8) is 0 Å². The molecule has 0 radical (unpaired) electrons. The maximum atomic E-state index is 5.74. The molecule has 0 fully saturated rings. The molecule has 0 aliphatic carbocycles. The second-order valence-corrected chi connectivity index (χ2v) is 6.93. The number of hydrogen-bond donors (Lipinski definition) is 1. The van der Waals surface area contributed by atoms with Crippen molar-refractivity contribution in [2.24, 2.45) is 0 Å². The van der Waals surface area contributed by atoms with Crippen molar-refractivity contribution < 1.29 is 9.47 Å². The van der Waals surface area contributed by atoms with Gasteiger partial charge in [-0.25, -0.2) is 0 Å². The minimum Gasteiger partial charge on any atom is -0.490 e. The highest BCUT2D eigenvalue weighted by Gasteiger charge is 2.12. The molecule has 2 rings (SSSR count). The minimum atomic E-state index is 0. The average Bonchev–Trinajstić information content (AvgIpc) is 2.62. The van der Waals surface area contributed by atoms with E-state index < -0.39 is 0 Å². The standard InChI is InChI=1S/C21H28BrNO2.ClH/c1-4-24-20-14-18(13-19(22)21(20)25-5-2)15-23-16(3)11-12-17-9-7-6-8-10-17;/h6-10,13-14,16,23H,4-5,11-12,15H2,1-3H3;1H. The van der Waals surface area contributed by atoms with E-state index in [0.717, 1.165) is 35.4 Å². The van der Waals surface area contributed by atoms with Gasteiger partial charge in [-0.05, 0) is 72.8 Å². The van der Waals surface area contributed by atoms with Gasteiger partial charge in [-0.1, -0.05) is 30.3 Å². The second kappa shape index (κ2) is 12.2. The summed E-state index contributed by atoms with van der Waals surface area (Å²) in [7, 11) is 0. The molecule has 144 valence electrons. The Labute approximate surface area is 172 Å². The molecule has 0 aromatic heterocycles. The fraction of sp³-hybridized carbons (Fsp3) is 0.429. The van der Waals surface area contributed by atoms with E-state index in [0.29, 0.717) is 19.3 Å². The fourth-order valence-electron chi connectivity index (χ4n) is 2.69. The van der Waals surface area contributed by atoms with Crippen LogP contribution in [0.1, 0.15) is 38.3 Å². The third-order valence-electron chi connectivity index (χ3n) is 4.02. The summed E-state index contributed by atoms with van der Waals surface area (Å²) < 4.78 is 12.4. The number of nitrogens with one attached hydrogen (secondary N) is 1. The molecule has 0 saturated carbocycles. The summed E-state index contributed by atoms with van der Waals surface area (Å²) in [5, 5.41) is 3.60. The molecular formula is C21H29BrClNO2. The smallest absolute Gasteiger partial charge is 0.175 e. The van der Waals surface area contributed by atoms with Crippen LogP contribution in [0.5, 0.6) is 11.5 Å². The van der Waals surface area contributed by atoms with E-state index in [1.54, 1.807) is 0 Å². The first-order chi connectivity index (χ1) is 12.1.